The zero-order valence-corrected chi connectivity index (χ0v) is 22.0. The number of hydrogen-bond acceptors (Lipinski definition) is 5. The lowest BCUT2D eigenvalue weighted by molar-refractivity contribution is -0.137. The van der Waals surface area contributed by atoms with Crippen LogP contribution >= 0.6 is 0 Å². The first-order valence-electron chi connectivity index (χ1n) is 13.7. The highest BCUT2D eigenvalue weighted by Crippen LogP contribution is 2.28. The highest BCUT2D eigenvalue weighted by Gasteiger charge is 2.34. The summed E-state index contributed by atoms with van der Waals surface area (Å²) in [6.07, 6.45) is 5.67. The minimum Gasteiger partial charge on any atom is -0.343 e. The van der Waals surface area contributed by atoms with Gasteiger partial charge in [-0.05, 0) is 70.3 Å². The van der Waals surface area contributed by atoms with Crippen LogP contribution in [0.15, 0.2) is 54.7 Å². The van der Waals surface area contributed by atoms with Gasteiger partial charge in [0, 0.05) is 50.3 Å². The van der Waals surface area contributed by atoms with Gasteiger partial charge in [-0.3, -0.25) is 19.5 Å². The molecule has 1 atom stereocenters. The van der Waals surface area contributed by atoms with E-state index >= 15 is 0 Å². The highest BCUT2D eigenvalue weighted by atomic mass is 16.2. The van der Waals surface area contributed by atoms with Crippen molar-refractivity contribution in [1.82, 2.24) is 24.7 Å². The van der Waals surface area contributed by atoms with Crippen LogP contribution in [0, 0.1) is 5.92 Å². The Balaban J connectivity index is 1.29. The van der Waals surface area contributed by atoms with Crippen LogP contribution in [0.2, 0.25) is 0 Å². The minimum absolute atomic E-state index is 0.0578. The maximum Gasteiger partial charge on any atom is 0.254 e. The van der Waals surface area contributed by atoms with Gasteiger partial charge >= 0.3 is 0 Å². The summed E-state index contributed by atoms with van der Waals surface area (Å²) in [6, 6.07) is 15.9. The fourth-order valence-corrected chi connectivity index (χ4v) is 5.94. The first-order chi connectivity index (χ1) is 18.1. The summed E-state index contributed by atoms with van der Waals surface area (Å²) in [6.45, 7) is 9.00. The molecule has 7 heteroatoms. The number of amides is 2. The van der Waals surface area contributed by atoms with E-state index in [1.807, 2.05) is 58.3 Å². The number of benzene rings is 1. The summed E-state index contributed by atoms with van der Waals surface area (Å²) in [5.74, 6) is 0.458. The van der Waals surface area contributed by atoms with E-state index in [4.69, 9.17) is 4.98 Å². The molecule has 7 nitrogen and oxygen atoms in total. The second-order valence-corrected chi connectivity index (χ2v) is 10.2. The molecular weight excluding hydrogens is 462 g/mol. The lowest BCUT2D eigenvalue weighted by Crippen LogP contribution is -2.52. The number of carbonyl (C=O) groups excluding carboxylic acids is 2. The first-order valence-corrected chi connectivity index (χ1v) is 13.7. The maximum absolute atomic E-state index is 13.8. The number of aromatic nitrogens is 2. The molecule has 2 saturated heterocycles. The molecule has 0 radical (unpaired) electrons. The third-order valence-electron chi connectivity index (χ3n) is 8.02. The molecule has 1 unspecified atom stereocenters. The van der Waals surface area contributed by atoms with Gasteiger partial charge in [0.2, 0.25) is 5.91 Å². The number of nitrogens with zero attached hydrogens (tertiary/aromatic N) is 5. The quantitative estimate of drug-likeness (QED) is 0.500. The van der Waals surface area contributed by atoms with Crippen LogP contribution in [0.4, 0.5) is 0 Å². The molecule has 4 heterocycles. The van der Waals surface area contributed by atoms with Crippen molar-refractivity contribution in [1.29, 1.82) is 0 Å². The molecule has 194 valence electrons. The number of carbonyl (C=O) groups is 2. The zero-order valence-electron chi connectivity index (χ0n) is 22.0. The summed E-state index contributed by atoms with van der Waals surface area (Å²) in [4.78, 5) is 42.4. The predicted molar refractivity (Wildman–Crippen MR) is 146 cm³/mol. The molecule has 2 aliphatic heterocycles. The van der Waals surface area contributed by atoms with Gasteiger partial charge in [-0.2, -0.15) is 0 Å². The number of rotatable bonds is 6. The van der Waals surface area contributed by atoms with Crippen LogP contribution in [0.3, 0.4) is 0 Å². The van der Waals surface area contributed by atoms with Gasteiger partial charge in [0.1, 0.15) is 0 Å². The third kappa shape index (κ3) is 5.37. The topological polar surface area (TPSA) is 69.6 Å². The molecule has 3 aromatic rings. The van der Waals surface area contributed by atoms with Crippen molar-refractivity contribution >= 4 is 22.7 Å². The number of para-hydroxylation sites is 1. The second kappa shape index (κ2) is 11.4. The van der Waals surface area contributed by atoms with Gasteiger partial charge in [0.15, 0.2) is 0 Å². The molecule has 1 aromatic carbocycles. The van der Waals surface area contributed by atoms with Crippen molar-refractivity contribution in [2.75, 3.05) is 39.3 Å². The molecule has 5 rings (SSSR count). The Morgan fingerprint density at radius 3 is 2.43 bits per heavy atom. The van der Waals surface area contributed by atoms with Crippen molar-refractivity contribution in [2.45, 2.75) is 45.6 Å². The van der Waals surface area contributed by atoms with Gasteiger partial charge in [-0.25, -0.2) is 4.98 Å². The summed E-state index contributed by atoms with van der Waals surface area (Å²) < 4.78 is 0. The summed E-state index contributed by atoms with van der Waals surface area (Å²) >= 11 is 0. The van der Waals surface area contributed by atoms with Crippen molar-refractivity contribution in [3.63, 3.8) is 0 Å². The van der Waals surface area contributed by atoms with Gasteiger partial charge < -0.3 is 9.80 Å². The van der Waals surface area contributed by atoms with Gasteiger partial charge in [-0.1, -0.05) is 24.3 Å². The van der Waals surface area contributed by atoms with E-state index in [9.17, 15) is 9.59 Å². The zero-order chi connectivity index (χ0) is 25.8. The van der Waals surface area contributed by atoms with Crippen molar-refractivity contribution < 1.29 is 9.59 Å². The molecule has 2 amide bonds. The molecule has 2 aliphatic rings. The molecule has 0 bridgehead atoms. The molecule has 0 spiro atoms. The van der Waals surface area contributed by atoms with E-state index in [0.717, 1.165) is 87.2 Å². The number of likely N-dealkylation sites (tertiary alicyclic amines) is 2. The largest absolute Gasteiger partial charge is 0.343 e. The van der Waals surface area contributed by atoms with Crippen LogP contribution in [0.5, 0.6) is 0 Å². The van der Waals surface area contributed by atoms with E-state index in [-0.39, 0.29) is 11.8 Å². The summed E-state index contributed by atoms with van der Waals surface area (Å²) in [5, 5.41) is 0.878. The van der Waals surface area contributed by atoms with Gasteiger partial charge in [0.25, 0.3) is 5.91 Å². The Hall–Kier alpha value is -3.32. The van der Waals surface area contributed by atoms with Gasteiger partial charge in [-0.15, -0.1) is 0 Å². The third-order valence-corrected chi connectivity index (χ3v) is 8.02. The van der Waals surface area contributed by atoms with Crippen LogP contribution in [-0.4, -0.2) is 81.8 Å². The minimum atomic E-state index is 0.0578. The van der Waals surface area contributed by atoms with Crippen molar-refractivity contribution in [3.05, 3.63) is 60.3 Å². The SMILES string of the molecule is CCN(CC)C(=O)C1CCCN(C2CCN(C(=O)c3cc(-c4ccccn4)nc4ccccc34)CC2)C1. The second-order valence-electron chi connectivity index (χ2n) is 10.2. The smallest absolute Gasteiger partial charge is 0.254 e. The standard InChI is InChI=1S/C30H37N5O2/c1-3-33(4-2)29(36)22-10-9-17-35(21-22)23-14-18-34(19-15-23)30(37)25-20-28(27-13-7-8-16-31-27)32-26-12-6-5-11-24(25)26/h5-8,11-13,16,20,22-23H,3-4,9-10,14-15,17-19,21H2,1-2H3. The van der Waals surface area contributed by atoms with E-state index < -0.39 is 0 Å². The molecule has 0 aliphatic carbocycles. The molecule has 2 aromatic heterocycles. The highest BCUT2D eigenvalue weighted by molar-refractivity contribution is 6.07. The van der Waals surface area contributed by atoms with Crippen molar-refractivity contribution in [3.8, 4) is 11.4 Å². The maximum atomic E-state index is 13.8. The number of piperidine rings is 2. The first kappa shape index (κ1) is 25.3. The summed E-state index contributed by atoms with van der Waals surface area (Å²) in [5.41, 5.74) is 2.98. The fourth-order valence-electron chi connectivity index (χ4n) is 5.94. The van der Waals surface area contributed by atoms with Crippen LogP contribution in [-0.2, 0) is 4.79 Å². The lowest BCUT2D eigenvalue weighted by Gasteiger charge is -2.42. The fraction of sp³-hybridized carbons (Fsp3) is 0.467. The van der Waals surface area contributed by atoms with Gasteiger partial charge in [0.05, 0.1) is 28.4 Å². The lowest BCUT2D eigenvalue weighted by atomic mass is 9.92. The van der Waals surface area contributed by atoms with Crippen LogP contribution in [0.1, 0.15) is 49.9 Å². The number of fused-ring (bicyclic) bond motifs is 1. The van der Waals surface area contributed by atoms with Crippen molar-refractivity contribution in [2.24, 2.45) is 5.92 Å². The average molecular weight is 500 g/mol. The van der Waals surface area contributed by atoms with E-state index in [1.165, 1.54) is 0 Å². The Morgan fingerprint density at radius 2 is 1.70 bits per heavy atom. The van der Waals surface area contributed by atoms with Crippen LogP contribution < -0.4 is 0 Å². The Morgan fingerprint density at radius 1 is 0.946 bits per heavy atom. The monoisotopic (exact) mass is 499 g/mol. The molecule has 0 saturated carbocycles. The Bertz CT molecular complexity index is 1240. The predicted octanol–water partition coefficient (Wildman–Crippen LogP) is 4.48. The Labute approximate surface area is 219 Å². The normalized spacial score (nSPS) is 19.2. The van der Waals surface area contributed by atoms with Crippen LogP contribution in [0.25, 0.3) is 22.3 Å². The molecular formula is C30H37N5O2. The van der Waals surface area contributed by atoms with E-state index in [1.54, 1.807) is 6.20 Å². The summed E-state index contributed by atoms with van der Waals surface area (Å²) in [7, 11) is 0. The number of pyridine rings is 2. The average Bonchev–Trinajstić information content (AvgIpc) is 2.97. The van der Waals surface area contributed by atoms with E-state index in [0.29, 0.717) is 17.5 Å². The molecule has 0 N–H and O–H groups in total. The van der Waals surface area contributed by atoms with E-state index in [2.05, 4.69) is 23.7 Å². The molecule has 2 fully saturated rings. The Kier molecular flexibility index (Phi) is 7.79. The number of hydrogen-bond donors (Lipinski definition) is 0. The molecule has 37 heavy (non-hydrogen) atoms.